The monoisotopic (exact) mass is 447 g/mol. The molecular formula is C15H17NO2PPrS-. The minimum atomic E-state index is -1.76. The molecule has 1 N–H and O–H groups in total. The van der Waals surface area contributed by atoms with E-state index in [0.29, 0.717) is 16.0 Å². The number of aryl methyl sites for hydroxylation is 1. The van der Waals surface area contributed by atoms with E-state index >= 15 is 0 Å². The molecule has 0 aliphatic heterocycles. The number of ketones is 1. The summed E-state index contributed by atoms with van der Waals surface area (Å²) >= 11 is 0. The van der Waals surface area contributed by atoms with Gasteiger partial charge in [-0.05, 0) is 42.2 Å². The summed E-state index contributed by atoms with van der Waals surface area (Å²) in [6, 6.07) is 13.6. The van der Waals surface area contributed by atoms with Crippen LogP contribution in [0.4, 0.5) is 0 Å². The fraction of sp³-hybridized carbons (Fsp3) is 0.133. The molecule has 6 heteroatoms. The van der Waals surface area contributed by atoms with Crippen LogP contribution in [0.2, 0.25) is 0 Å². The number of hydrogen-bond donors (Lipinski definition) is 0. The van der Waals surface area contributed by atoms with Gasteiger partial charge in [0.05, 0.1) is 0 Å². The van der Waals surface area contributed by atoms with E-state index in [1.807, 2.05) is 25.7 Å². The zero-order valence-corrected chi connectivity index (χ0v) is 17.7. The van der Waals surface area contributed by atoms with Crippen LogP contribution in [-0.4, -0.2) is 16.7 Å². The number of hydrogen-bond acceptors (Lipinski definition) is 2. The molecule has 0 heterocycles. The Kier molecular flexibility index (Phi) is 10.7. The fourth-order valence-electron chi connectivity index (χ4n) is 1.60. The maximum absolute atomic E-state index is 12.1. The SMILES string of the molecule is CP.Cc1ccc(C(=O)c2ccc(S([NH-])=O)cc2)cc1.[Pr]. The van der Waals surface area contributed by atoms with E-state index in [0.717, 1.165) is 5.56 Å². The molecule has 2 rings (SSSR count). The number of benzene rings is 2. The van der Waals surface area contributed by atoms with Crippen molar-refractivity contribution in [3.8, 4) is 0 Å². The van der Waals surface area contributed by atoms with Gasteiger partial charge in [-0.3, -0.25) is 9.00 Å². The number of rotatable bonds is 3. The molecule has 1 radical (unpaired) electrons. The first-order valence-electron chi connectivity index (χ1n) is 6.00. The molecule has 109 valence electrons. The van der Waals surface area contributed by atoms with Crippen LogP contribution in [0.5, 0.6) is 0 Å². The van der Waals surface area contributed by atoms with Gasteiger partial charge in [-0.1, -0.05) is 36.5 Å². The van der Waals surface area contributed by atoms with Gasteiger partial charge in [-0.25, -0.2) is 0 Å². The third kappa shape index (κ3) is 6.34. The van der Waals surface area contributed by atoms with E-state index in [4.69, 9.17) is 5.14 Å². The van der Waals surface area contributed by atoms with E-state index in [9.17, 15) is 9.00 Å². The van der Waals surface area contributed by atoms with Crippen molar-refractivity contribution in [2.75, 3.05) is 6.66 Å². The van der Waals surface area contributed by atoms with Crippen molar-refractivity contribution >= 4 is 26.0 Å². The molecule has 2 aromatic carbocycles. The minimum Gasteiger partial charge on any atom is -0.587 e. The Balaban J connectivity index is 0.00000128. The van der Waals surface area contributed by atoms with Crippen LogP contribution in [-0.2, 0) is 11.0 Å². The molecule has 0 spiro atoms. The Labute approximate surface area is 163 Å². The molecule has 0 fully saturated rings. The Morgan fingerprint density at radius 2 is 1.33 bits per heavy atom. The Hall–Kier alpha value is 0.0136. The van der Waals surface area contributed by atoms with Crippen LogP contribution in [0, 0.1) is 48.2 Å². The standard InChI is InChI=1S/C14H12NO2S.CH5P.Pr/c1-10-2-4-11(5-3-10)14(16)12-6-8-13(9-7-12)18(15)17;1-2;/h2-9,15H,1H3;2H2,1H3;/q-1;;. The summed E-state index contributed by atoms with van der Waals surface area (Å²) in [6.45, 7) is 3.88. The third-order valence-corrected chi connectivity index (χ3v) is 3.34. The normalized spacial score (nSPS) is 10.7. The van der Waals surface area contributed by atoms with E-state index in [-0.39, 0.29) is 47.1 Å². The quantitative estimate of drug-likeness (QED) is 0.531. The number of carbonyl (C=O) groups is 1. The second kappa shape index (κ2) is 10.7. The van der Waals surface area contributed by atoms with Crippen molar-refractivity contribution in [2.45, 2.75) is 11.8 Å². The summed E-state index contributed by atoms with van der Waals surface area (Å²) in [7, 11) is 0.657. The van der Waals surface area contributed by atoms with Crippen molar-refractivity contribution in [1.82, 2.24) is 0 Å². The zero-order valence-electron chi connectivity index (χ0n) is 12.0. The first-order chi connectivity index (χ1) is 9.58. The van der Waals surface area contributed by atoms with Gasteiger partial charge in [0, 0.05) is 57.3 Å². The van der Waals surface area contributed by atoms with Crippen molar-refractivity contribution < 1.29 is 50.3 Å². The summed E-state index contributed by atoms with van der Waals surface area (Å²) in [5.41, 5.74) is 2.26. The zero-order chi connectivity index (χ0) is 15.1. The maximum atomic E-state index is 12.1. The van der Waals surface area contributed by atoms with Crippen LogP contribution in [0.3, 0.4) is 0 Å². The molecule has 0 saturated carbocycles. The smallest absolute Gasteiger partial charge is 0.193 e. The summed E-state index contributed by atoms with van der Waals surface area (Å²) in [5, 5.41) is 7.07. The van der Waals surface area contributed by atoms with Crippen LogP contribution in [0.15, 0.2) is 53.4 Å². The topological polar surface area (TPSA) is 57.9 Å². The molecule has 0 saturated heterocycles. The van der Waals surface area contributed by atoms with Gasteiger partial charge in [-0.15, -0.1) is 9.24 Å². The molecule has 3 nitrogen and oxygen atoms in total. The molecule has 2 atom stereocenters. The van der Waals surface area contributed by atoms with Crippen molar-refractivity contribution in [1.29, 1.82) is 0 Å². The summed E-state index contributed by atoms with van der Waals surface area (Å²) in [6.07, 6.45) is 0. The summed E-state index contributed by atoms with van der Waals surface area (Å²) < 4.78 is 10.9. The second-order valence-corrected chi connectivity index (χ2v) is 5.00. The van der Waals surface area contributed by atoms with Crippen molar-refractivity contribution in [3.63, 3.8) is 0 Å². The van der Waals surface area contributed by atoms with E-state index < -0.39 is 11.0 Å². The Bertz CT molecular complexity index is 600. The van der Waals surface area contributed by atoms with Crippen LogP contribution in [0.25, 0.3) is 5.14 Å². The maximum Gasteiger partial charge on any atom is 0.193 e. The minimum absolute atomic E-state index is 0. The summed E-state index contributed by atoms with van der Waals surface area (Å²) in [5.74, 6) is -0.0719. The van der Waals surface area contributed by atoms with Gasteiger partial charge in [0.15, 0.2) is 5.78 Å². The third-order valence-electron chi connectivity index (χ3n) is 2.64. The van der Waals surface area contributed by atoms with Crippen molar-refractivity contribution in [3.05, 3.63) is 70.4 Å². The van der Waals surface area contributed by atoms with Gasteiger partial charge >= 0.3 is 0 Å². The fourth-order valence-corrected chi connectivity index (χ4v) is 1.98. The molecule has 2 aromatic rings. The molecule has 21 heavy (non-hydrogen) atoms. The second-order valence-electron chi connectivity index (χ2n) is 3.99. The van der Waals surface area contributed by atoms with Gasteiger partial charge in [0.2, 0.25) is 0 Å². The summed E-state index contributed by atoms with van der Waals surface area (Å²) in [4.78, 5) is 12.5. The predicted octanol–water partition coefficient (Wildman–Crippen LogP) is 3.79. The van der Waals surface area contributed by atoms with Gasteiger partial charge in [0.1, 0.15) is 0 Å². The molecule has 0 bridgehead atoms. The van der Waals surface area contributed by atoms with Crippen molar-refractivity contribution in [2.24, 2.45) is 0 Å². The van der Waals surface area contributed by atoms with Crippen LogP contribution >= 0.6 is 9.24 Å². The molecule has 0 aliphatic rings. The average molecular weight is 447 g/mol. The Morgan fingerprint density at radius 1 is 0.952 bits per heavy atom. The van der Waals surface area contributed by atoms with Crippen LogP contribution < -0.4 is 0 Å². The number of carbonyl (C=O) groups excluding carboxylic acids is 1. The molecule has 0 amide bonds. The van der Waals surface area contributed by atoms with Gasteiger partial charge in [0.25, 0.3) is 0 Å². The molecule has 0 aliphatic carbocycles. The van der Waals surface area contributed by atoms with Crippen LogP contribution in [0.1, 0.15) is 21.5 Å². The predicted molar refractivity (Wildman–Crippen MR) is 87.4 cm³/mol. The largest absolute Gasteiger partial charge is 0.587 e. The average Bonchev–Trinajstić information content (AvgIpc) is 2.49. The van der Waals surface area contributed by atoms with Gasteiger partial charge < -0.3 is 5.14 Å². The first-order valence-corrected chi connectivity index (χ1v) is 8.30. The van der Waals surface area contributed by atoms with E-state index in [1.54, 1.807) is 36.4 Å². The Morgan fingerprint density at radius 3 is 1.71 bits per heavy atom. The molecular weight excluding hydrogens is 430 g/mol. The molecule has 0 aromatic heterocycles. The molecule has 2 unspecified atom stereocenters. The first kappa shape index (κ1) is 21.0. The van der Waals surface area contributed by atoms with Gasteiger partial charge in [-0.2, -0.15) is 0 Å². The number of nitrogens with one attached hydrogen (secondary N) is 1. The van der Waals surface area contributed by atoms with E-state index in [2.05, 4.69) is 9.24 Å². The van der Waals surface area contributed by atoms with E-state index in [1.165, 1.54) is 0 Å².